The molecule has 1 aromatic heterocycles. The molecule has 3 rings (SSSR count). The van der Waals surface area contributed by atoms with E-state index in [1.165, 1.54) is 0 Å². The van der Waals surface area contributed by atoms with Crippen LogP contribution in [0.2, 0.25) is 5.02 Å². The number of aromatic nitrogens is 2. The molecule has 1 aliphatic rings. The number of halogens is 1. The molecule has 1 saturated heterocycles. The van der Waals surface area contributed by atoms with E-state index in [0.717, 1.165) is 11.3 Å². The van der Waals surface area contributed by atoms with Gasteiger partial charge in [-0.1, -0.05) is 17.7 Å². The Hall–Kier alpha value is -2.05. The lowest BCUT2D eigenvalue weighted by molar-refractivity contribution is -0.132. The van der Waals surface area contributed by atoms with Gasteiger partial charge >= 0.3 is 0 Å². The number of carbonyl (C=O) groups excluding carboxylic acids is 1. The fourth-order valence-electron chi connectivity index (χ4n) is 3.03. The summed E-state index contributed by atoms with van der Waals surface area (Å²) in [6.45, 7) is 3.00. The number of imidazole rings is 1. The first-order valence-corrected chi connectivity index (χ1v) is 8.22. The van der Waals surface area contributed by atoms with Crippen molar-refractivity contribution in [2.45, 2.75) is 18.9 Å². The molecule has 24 heavy (non-hydrogen) atoms. The summed E-state index contributed by atoms with van der Waals surface area (Å²) in [5, 5.41) is 0.586. The summed E-state index contributed by atoms with van der Waals surface area (Å²) < 4.78 is 7.59. The number of nitrogens with two attached hydrogens (primary N) is 1. The third kappa shape index (κ3) is 3.39. The molecule has 0 aliphatic carbocycles. The van der Waals surface area contributed by atoms with Crippen molar-refractivity contribution in [3.05, 3.63) is 47.0 Å². The van der Waals surface area contributed by atoms with Gasteiger partial charge in [0.2, 0.25) is 0 Å². The van der Waals surface area contributed by atoms with Gasteiger partial charge in [0.25, 0.3) is 5.91 Å². The summed E-state index contributed by atoms with van der Waals surface area (Å²) in [4.78, 5) is 18.3. The third-order valence-corrected chi connectivity index (χ3v) is 4.69. The molecule has 1 aromatic carbocycles. The first-order chi connectivity index (χ1) is 11.5. The highest BCUT2D eigenvalue weighted by Gasteiger charge is 2.35. The Balaban J connectivity index is 1.62. The molecule has 2 aromatic rings. The van der Waals surface area contributed by atoms with E-state index in [1.807, 2.05) is 30.8 Å². The predicted octanol–water partition coefficient (Wildman–Crippen LogP) is 1.71. The number of nitrogens with zero attached hydrogens (tertiary/aromatic N) is 3. The Kier molecular flexibility index (Phi) is 4.78. The van der Waals surface area contributed by atoms with Gasteiger partial charge in [-0.15, -0.1) is 0 Å². The standard InChI is InChI=1S/C17H21ClN4O2/c1-11-3-4-12(18)5-16(11)24-9-17(23)22-7-13(14(19)8-22)15-6-20-10-21(15)2/h3-6,10,13-14H,7-9,19H2,1-2H3/t13-,14-/m1/s1. The first-order valence-electron chi connectivity index (χ1n) is 7.84. The van der Waals surface area contributed by atoms with E-state index < -0.39 is 0 Å². The van der Waals surface area contributed by atoms with Crippen molar-refractivity contribution in [2.75, 3.05) is 19.7 Å². The molecular weight excluding hydrogens is 328 g/mol. The van der Waals surface area contributed by atoms with Gasteiger partial charge in [0.15, 0.2) is 6.61 Å². The number of carbonyl (C=O) groups is 1. The quantitative estimate of drug-likeness (QED) is 0.913. The minimum Gasteiger partial charge on any atom is -0.483 e. The van der Waals surface area contributed by atoms with Crippen LogP contribution in [0.15, 0.2) is 30.7 Å². The van der Waals surface area contributed by atoms with E-state index in [4.69, 9.17) is 22.1 Å². The molecule has 0 bridgehead atoms. The van der Waals surface area contributed by atoms with Gasteiger partial charge in [-0.05, 0) is 24.6 Å². The van der Waals surface area contributed by atoms with Crippen molar-refractivity contribution in [1.82, 2.24) is 14.5 Å². The minimum atomic E-state index is -0.0998. The summed E-state index contributed by atoms with van der Waals surface area (Å²) in [6, 6.07) is 5.28. The average molecular weight is 349 g/mol. The largest absolute Gasteiger partial charge is 0.483 e. The number of aryl methyl sites for hydroxylation is 2. The molecule has 6 nitrogen and oxygen atoms in total. The maximum absolute atomic E-state index is 12.5. The van der Waals surface area contributed by atoms with Gasteiger partial charge in [0.1, 0.15) is 5.75 Å². The highest BCUT2D eigenvalue weighted by molar-refractivity contribution is 6.30. The highest BCUT2D eigenvalue weighted by Crippen LogP contribution is 2.26. The van der Waals surface area contributed by atoms with E-state index in [1.54, 1.807) is 23.4 Å². The van der Waals surface area contributed by atoms with Crippen LogP contribution >= 0.6 is 11.6 Å². The lowest BCUT2D eigenvalue weighted by Gasteiger charge is -2.17. The fourth-order valence-corrected chi connectivity index (χ4v) is 3.19. The Morgan fingerprint density at radius 2 is 2.25 bits per heavy atom. The maximum Gasteiger partial charge on any atom is 0.260 e. The van der Waals surface area contributed by atoms with Crippen molar-refractivity contribution < 1.29 is 9.53 Å². The molecular formula is C17H21ClN4O2. The van der Waals surface area contributed by atoms with E-state index in [2.05, 4.69) is 4.98 Å². The molecule has 2 N–H and O–H groups in total. The number of hydrogen-bond acceptors (Lipinski definition) is 4. The van der Waals surface area contributed by atoms with Gasteiger partial charge < -0.3 is 19.9 Å². The van der Waals surface area contributed by atoms with Crippen molar-refractivity contribution >= 4 is 17.5 Å². The van der Waals surface area contributed by atoms with Crippen LogP contribution in [0.4, 0.5) is 0 Å². The number of hydrogen-bond donors (Lipinski definition) is 1. The monoisotopic (exact) mass is 348 g/mol. The normalized spacial score (nSPS) is 20.4. The summed E-state index contributed by atoms with van der Waals surface area (Å²) in [5.74, 6) is 0.645. The number of rotatable bonds is 4. The van der Waals surface area contributed by atoms with Gasteiger partial charge in [-0.3, -0.25) is 4.79 Å². The molecule has 1 fully saturated rings. The van der Waals surface area contributed by atoms with Gasteiger partial charge in [-0.25, -0.2) is 4.98 Å². The second-order valence-corrected chi connectivity index (χ2v) is 6.63. The van der Waals surface area contributed by atoms with Crippen LogP contribution in [0.5, 0.6) is 5.75 Å². The summed E-state index contributed by atoms with van der Waals surface area (Å²) in [6.07, 6.45) is 3.56. The Bertz CT molecular complexity index is 746. The lowest BCUT2D eigenvalue weighted by Crippen LogP contribution is -2.35. The van der Waals surface area contributed by atoms with Crippen molar-refractivity contribution in [1.29, 1.82) is 0 Å². The lowest BCUT2D eigenvalue weighted by atomic mass is 10.0. The van der Waals surface area contributed by atoms with Crippen molar-refractivity contribution in [3.8, 4) is 5.75 Å². The average Bonchev–Trinajstić information content (AvgIpc) is 3.13. The number of likely N-dealkylation sites (tertiary alicyclic amines) is 1. The van der Waals surface area contributed by atoms with Gasteiger partial charge in [0.05, 0.1) is 6.33 Å². The summed E-state index contributed by atoms with van der Waals surface area (Å²) >= 11 is 5.97. The molecule has 0 unspecified atom stereocenters. The van der Waals surface area contributed by atoms with E-state index >= 15 is 0 Å². The second kappa shape index (κ2) is 6.83. The van der Waals surface area contributed by atoms with Gasteiger partial charge in [0, 0.05) is 49.0 Å². The van der Waals surface area contributed by atoms with E-state index in [0.29, 0.717) is 23.9 Å². The number of amides is 1. The molecule has 128 valence electrons. The highest BCUT2D eigenvalue weighted by atomic mass is 35.5. The molecule has 7 heteroatoms. The summed E-state index contributed by atoms with van der Waals surface area (Å²) in [7, 11) is 1.94. The van der Waals surface area contributed by atoms with Crippen molar-refractivity contribution in [2.24, 2.45) is 12.8 Å². The van der Waals surface area contributed by atoms with Crippen LogP contribution in [0.25, 0.3) is 0 Å². The molecule has 1 aliphatic heterocycles. The van der Waals surface area contributed by atoms with Crippen LogP contribution in [0.1, 0.15) is 17.2 Å². The Morgan fingerprint density at radius 3 is 2.96 bits per heavy atom. The third-order valence-electron chi connectivity index (χ3n) is 4.45. The van der Waals surface area contributed by atoms with Crippen LogP contribution in [-0.4, -0.2) is 46.1 Å². The zero-order chi connectivity index (χ0) is 17.3. The van der Waals surface area contributed by atoms with Crippen LogP contribution in [0, 0.1) is 6.92 Å². The zero-order valence-corrected chi connectivity index (χ0v) is 14.5. The summed E-state index contributed by atoms with van der Waals surface area (Å²) in [5.41, 5.74) is 8.21. The predicted molar refractivity (Wildman–Crippen MR) is 92.2 cm³/mol. The number of ether oxygens (including phenoxy) is 1. The fraction of sp³-hybridized carbons (Fsp3) is 0.412. The molecule has 2 heterocycles. The SMILES string of the molecule is Cc1ccc(Cl)cc1OCC(=O)N1C[C@@H](N)[C@H](c2cncn2C)C1. The Labute approximate surface area is 146 Å². The van der Waals surface area contributed by atoms with Crippen LogP contribution in [-0.2, 0) is 11.8 Å². The van der Waals surface area contributed by atoms with Crippen LogP contribution < -0.4 is 10.5 Å². The topological polar surface area (TPSA) is 73.4 Å². The van der Waals surface area contributed by atoms with Gasteiger partial charge in [-0.2, -0.15) is 0 Å². The molecule has 0 spiro atoms. The van der Waals surface area contributed by atoms with Crippen molar-refractivity contribution in [3.63, 3.8) is 0 Å². The maximum atomic E-state index is 12.5. The zero-order valence-electron chi connectivity index (χ0n) is 13.8. The molecule has 1 amide bonds. The minimum absolute atomic E-state index is 0.0218. The second-order valence-electron chi connectivity index (χ2n) is 6.20. The van der Waals surface area contributed by atoms with E-state index in [9.17, 15) is 4.79 Å². The Morgan fingerprint density at radius 1 is 1.46 bits per heavy atom. The number of benzene rings is 1. The van der Waals surface area contributed by atoms with Crippen LogP contribution in [0.3, 0.4) is 0 Å². The molecule has 0 radical (unpaired) electrons. The van der Waals surface area contributed by atoms with E-state index in [-0.39, 0.29) is 24.5 Å². The smallest absolute Gasteiger partial charge is 0.260 e. The molecule has 0 saturated carbocycles. The molecule has 2 atom stereocenters. The first kappa shape index (κ1) is 16.8.